The van der Waals surface area contributed by atoms with Crippen molar-refractivity contribution in [1.82, 2.24) is 19.4 Å². The molecule has 0 unspecified atom stereocenters. The van der Waals surface area contributed by atoms with Crippen molar-refractivity contribution in [2.45, 2.75) is 32.4 Å². The lowest BCUT2D eigenvalue weighted by atomic mass is 10.2. The van der Waals surface area contributed by atoms with Crippen LogP contribution in [0.1, 0.15) is 18.7 Å². The van der Waals surface area contributed by atoms with Gasteiger partial charge in [-0.15, -0.1) is 0 Å². The van der Waals surface area contributed by atoms with Gasteiger partial charge in [-0.25, -0.2) is 4.98 Å². The van der Waals surface area contributed by atoms with Crippen LogP contribution in [-0.4, -0.2) is 70.7 Å². The van der Waals surface area contributed by atoms with Gasteiger partial charge in [0.25, 0.3) is 0 Å². The smallest absolute Gasteiger partial charge is 0.242 e. The van der Waals surface area contributed by atoms with E-state index in [0.717, 1.165) is 56.2 Å². The first kappa shape index (κ1) is 16.5. The first-order chi connectivity index (χ1) is 12.2. The van der Waals surface area contributed by atoms with Gasteiger partial charge in [-0.05, 0) is 31.9 Å². The number of hydrogen-bond acceptors (Lipinski definition) is 4. The number of aryl methyl sites for hydroxylation is 1. The molecule has 0 aliphatic carbocycles. The van der Waals surface area contributed by atoms with Crippen LogP contribution in [-0.2, 0) is 16.1 Å². The van der Waals surface area contributed by atoms with E-state index < -0.39 is 0 Å². The van der Waals surface area contributed by atoms with Gasteiger partial charge in [0.1, 0.15) is 12.4 Å². The fraction of sp³-hybridized carbons (Fsp3) is 0.579. The second-order valence-corrected chi connectivity index (χ2v) is 7.05. The Balaban J connectivity index is 1.35. The molecule has 6 nitrogen and oxygen atoms in total. The molecule has 4 rings (SSSR count). The van der Waals surface area contributed by atoms with E-state index >= 15 is 0 Å². The maximum atomic E-state index is 12.7. The summed E-state index contributed by atoms with van der Waals surface area (Å²) < 4.78 is 7.75. The Kier molecular flexibility index (Phi) is 4.72. The standard InChI is InChI=1S/C19H26N4O2/c1-15-20-17-6-2-3-7-18(17)23(15)14-19(24)22-10-8-21(9-11-22)13-16-5-4-12-25-16/h2-3,6-7,16H,4-5,8-14H2,1H3/t16-/m1/s1. The molecule has 2 aromatic rings. The molecule has 1 amide bonds. The first-order valence-electron chi connectivity index (χ1n) is 9.24. The normalized spacial score (nSPS) is 22.0. The lowest BCUT2D eigenvalue weighted by molar-refractivity contribution is -0.133. The Bertz CT molecular complexity index is 743. The molecule has 134 valence electrons. The third-order valence-electron chi connectivity index (χ3n) is 5.35. The summed E-state index contributed by atoms with van der Waals surface area (Å²) >= 11 is 0. The van der Waals surface area contributed by atoms with Crippen LogP contribution in [0, 0.1) is 6.92 Å². The zero-order chi connectivity index (χ0) is 17.2. The molecule has 0 radical (unpaired) electrons. The van der Waals surface area contributed by atoms with Gasteiger partial charge in [-0.1, -0.05) is 12.1 Å². The highest BCUT2D eigenvalue weighted by atomic mass is 16.5. The minimum Gasteiger partial charge on any atom is -0.377 e. The van der Waals surface area contributed by atoms with Crippen molar-refractivity contribution >= 4 is 16.9 Å². The van der Waals surface area contributed by atoms with Crippen molar-refractivity contribution in [3.63, 3.8) is 0 Å². The van der Waals surface area contributed by atoms with Gasteiger partial charge in [-0.2, -0.15) is 0 Å². The predicted octanol–water partition coefficient (Wildman–Crippen LogP) is 1.67. The largest absolute Gasteiger partial charge is 0.377 e. The van der Waals surface area contributed by atoms with Crippen LogP contribution in [0.4, 0.5) is 0 Å². The second-order valence-electron chi connectivity index (χ2n) is 7.05. The van der Waals surface area contributed by atoms with Gasteiger partial charge in [0.15, 0.2) is 0 Å². The maximum absolute atomic E-state index is 12.7. The van der Waals surface area contributed by atoms with Crippen molar-refractivity contribution < 1.29 is 9.53 Å². The number of amides is 1. The molecule has 0 saturated carbocycles. The number of ether oxygens (including phenoxy) is 1. The van der Waals surface area contributed by atoms with Gasteiger partial charge in [0, 0.05) is 39.3 Å². The lowest BCUT2D eigenvalue weighted by Gasteiger charge is -2.35. The number of hydrogen-bond donors (Lipinski definition) is 0. The van der Waals surface area contributed by atoms with Crippen LogP contribution in [0.15, 0.2) is 24.3 Å². The molecule has 0 N–H and O–H groups in total. The number of carbonyl (C=O) groups is 1. The highest BCUT2D eigenvalue weighted by Gasteiger charge is 2.25. The van der Waals surface area contributed by atoms with E-state index in [1.807, 2.05) is 40.7 Å². The highest BCUT2D eigenvalue weighted by molar-refractivity contribution is 5.81. The quantitative estimate of drug-likeness (QED) is 0.848. The number of carbonyl (C=O) groups excluding carboxylic acids is 1. The van der Waals surface area contributed by atoms with Gasteiger partial charge < -0.3 is 14.2 Å². The van der Waals surface area contributed by atoms with Crippen LogP contribution >= 0.6 is 0 Å². The lowest BCUT2D eigenvalue weighted by Crippen LogP contribution is -2.51. The van der Waals surface area contributed by atoms with E-state index in [0.29, 0.717) is 12.6 Å². The topological polar surface area (TPSA) is 50.6 Å². The molecular formula is C19H26N4O2. The summed E-state index contributed by atoms with van der Waals surface area (Å²) in [6, 6.07) is 8.00. The Morgan fingerprint density at radius 3 is 2.80 bits per heavy atom. The minimum absolute atomic E-state index is 0.183. The zero-order valence-corrected chi connectivity index (χ0v) is 14.9. The van der Waals surface area contributed by atoms with E-state index in [2.05, 4.69) is 9.88 Å². The SMILES string of the molecule is Cc1nc2ccccc2n1CC(=O)N1CCN(C[C@H]2CCCO2)CC1. The maximum Gasteiger partial charge on any atom is 0.242 e. The number of piperazine rings is 1. The van der Waals surface area contributed by atoms with Gasteiger partial charge >= 0.3 is 0 Å². The summed E-state index contributed by atoms with van der Waals surface area (Å²) in [5, 5.41) is 0. The molecule has 1 aromatic carbocycles. The van der Waals surface area contributed by atoms with Crippen molar-refractivity contribution in [3.05, 3.63) is 30.1 Å². The third-order valence-corrected chi connectivity index (χ3v) is 5.35. The molecule has 3 heterocycles. The average molecular weight is 342 g/mol. The zero-order valence-electron chi connectivity index (χ0n) is 14.9. The second kappa shape index (κ2) is 7.14. The summed E-state index contributed by atoms with van der Waals surface area (Å²) in [6.45, 7) is 7.73. The number of nitrogens with zero attached hydrogens (tertiary/aromatic N) is 4. The first-order valence-corrected chi connectivity index (χ1v) is 9.24. The number of fused-ring (bicyclic) bond motifs is 1. The van der Waals surface area contributed by atoms with E-state index in [-0.39, 0.29) is 5.91 Å². The van der Waals surface area contributed by atoms with Crippen LogP contribution in [0.25, 0.3) is 11.0 Å². The van der Waals surface area contributed by atoms with Crippen LogP contribution in [0.5, 0.6) is 0 Å². The minimum atomic E-state index is 0.183. The molecule has 2 saturated heterocycles. The van der Waals surface area contributed by atoms with E-state index in [4.69, 9.17) is 4.74 Å². The number of para-hydroxylation sites is 2. The van der Waals surface area contributed by atoms with Crippen molar-refractivity contribution in [2.75, 3.05) is 39.3 Å². The Hall–Kier alpha value is -1.92. The van der Waals surface area contributed by atoms with E-state index in [1.165, 1.54) is 12.8 Å². The summed E-state index contributed by atoms with van der Waals surface area (Å²) in [5.41, 5.74) is 1.99. The summed E-state index contributed by atoms with van der Waals surface area (Å²) in [4.78, 5) is 21.7. The predicted molar refractivity (Wildman–Crippen MR) is 96.5 cm³/mol. The van der Waals surface area contributed by atoms with Gasteiger partial charge in [-0.3, -0.25) is 9.69 Å². The van der Waals surface area contributed by atoms with Crippen molar-refractivity contribution in [2.24, 2.45) is 0 Å². The fourth-order valence-electron chi connectivity index (χ4n) is 3.89. The molecule has 0 bridgehead atoms. The monoisotopic (exact) mass is 342 g/mol. The number of imidazole rings is 1. The fourth-order valence-corrected chi connectivity index (χ4v) is 3.89. The van der Waals surface area contributed by atoms with E-state index in [1.54, 1.807) is 0 Å². The van der Waals surface area contributed by atoms with Gasteiger partial charge in [0.2, 0.25) is 5.91 Å². The Morgan fingerprint density at radius 2 is 2.04 bits per heavy atom. The Labute approximate surface area is 148 Å². The van der Waals surface area contributed by atoms with Crippen LogP contribution in [0.2, 0.25) is 0 Å². The van der Waals surface area contributed by atoms with Gasteiger partial charge in [0.05, 0.1) is 17.1 Å². The van der Waals surface area contributed by atoms with Crippen LogP contribution < -0.4 is 0 Å². The molecule has 6 heteroatoms. The Morgan fingerprint density at radius 1 is 1.24 bits per heavy atom. The van der Waals surface area contributed by atoms with Crippen molar-refractivity contribution in [1.29, 1.82) is 0 Å². The summed E-state index contributed by atoms with van der Waals surface area (Å²) in [7, 11) is 0. The molecule has 25 heavy (non-hydrogen) atoms. The molecule has 2 fully saturated rings. The molecule has 1 atom stereocenters. The number of aromatic nitrogens is 2. The molecular weight excluding hydrogens is 316 g/mol. The summed E-state index contributed by atoms with van der Waals surface area (Å²) in [5.74, 6) is 1.08. The molecule has 2 aliphatic heterocycles. The van der Waals surface area contributed by atoms with Crippen LogP contribution in [0.3, 0.4) is 0 Å². The average Bonchev–Trinajstić information content (AvgIpc) is 3.24. The molecule has 2 aliphatic rings. The number of benzene rings is 1. The number of rotatable bonds is 4. The third kappa shape index (κ3) is 3.55. The van der Waals surface area contributed by atoms with Crippen molar-refractivity contribution in [3.8, 4) is 0 Å². The molecule has 1 aromatic heterocycles. The molecule has 0 spiro atoms. The summed E-state index contributed by atoms with van der Waals surface area (Å²) in [6.07, 6.45) is 2.75. The highest BCUT2D eigenvalue weighted by Crippen LogP contribution is 2.17. The van der Waals surface area contributed by atoms with E-state index in [9.17, 15) is 4.79 Å².